The maximum Gasteiger partial charge on any atom is 0.237 e. The van der Waals surface area contributed by atoms with Gasteiger partial charge in [0, 0.05) is 11.6 Å². The molecule has 0 radical (unpaired) electrons. The predicted molar refractivity (Wildman–Crippen MR) is 117 cm³/mol. The zero-order valence-corrected chi connectivity index (χ0v) is 17.9. The number of aromatic nitrogens is 3. The van der Waals surface area contributed by atoms with Crippen LogP contribution in [0.15, 0.2) is 71.9 Å². The molecule has 1 amide bonds. The molecule has 0 aliphatic heterocycles. The van der Waals surface area contributed by atoms with Gasteiger partial charge < -0.3 is 5.32 Å². The second-order valence-electron chi connectivity index (χ2n) is 6.95. The Morgan fingerprint density at radius 1 is 0.909 bits per heavy atom. The number of para-hydroxylation sites is 1. The highest BCUT2D eigenvalue weighted by atomic mass is 32.2. The lowest BCUT2D eigenvalue weighted by atomic mass is 10.2. The molecule has 1 unspecified atom stereocenters. The number of halogens is 4. The molecule has 10 heteroatoms. The van der Waals surface area contributed by atoms with Crippen molar-refractivity contribution < 1.29 is 22.4 Å². The number of amides is 1. The Balaban J connectivity index is 1.69. The van der Waals surface area contributed by atoms with Gasteiger partial charge in [0.15, 0.2) is 11.0 Å². The second kappa shape index (κ2) is 9.45. The summed E-state index contributed by atoms with van der Waals surface area (Å²) in [6.07, 6.45) is 0. The molecule has 4 aromatic rings. The van der Waals surface area contributed by atoms with Crippen LogP contribution in [0.3, 0.4) is 0 Å². The van der Waals surface area contributed by atoms with Gasteiger partial charge in [-0.3, -0.25) is 9.36 Å². The molecular weight excluding hydrogens is 456 g/mol. The average Bonchev–Trinajstić information content (AvgIpc) is 3.20. The van der Waals surface area contributed by atoms with E-state index >= 15 is 0 Å². The Labute approximate surface area is 190 Å². The fraction of sp³-hybridized carbons (Fsp3) is 0.0870. The number of hydrogen-bond donors (Lipinski definition) is 1. The monoisotopic (exact) mass is 472 g/mol. The van der Waals surface area contributed by atoms with Crippen molar-refractivity contribution in [1.82, 2.24) is 14.8 Å². The molecule has 1 atom stereocenters. The number of thioether (sulfide) groups is 1. The molecule has 33 heavy (non-hydrogen) atoms. The maximum atomic E-state index is 14.7. The highest BCUT2D eigenvalue weighted by Gasteiger charge is 2.24. The van der Waals surface area contributed by atoms with Crippen LogP contribution < -0.4 is 5.32 Å². The zero-order chi connectivity index (χ0) is 23.5. The smallest absolute Gasteiger partial charge is 0.237 e. The summed E-state index contributed by atoms with van der Waals surface area (Å²) >= 11 is 0.904. The molecule has 168 valence electrons. The van der Waals surface area contributed by atoms with E-state index in [1.54, 1.807) is 30.3 Å². The van der Waals surface area contributed by atoms with E-state index in [4.69, 9.17) is 0 Å². The molecule has 0 bridgehead atoms. The van der Waals surface area contributed by atoms with Crippen molar-refractivity contribution in [1.29, 1.82) is 0 Å². The van der Waals surface area contributed by atoms with Crippen molar-refractivity contribution in [2.75, 3.05) is 5.32 Å². The molecule has 5 nitrogen and oxygen atoms in total. The Kier molecular flexibility index (Phi) is 6.45. The van der Waals surface area contributed by atoms with Crippen LogP contribution in [0.1, 0.15) is 6.92 Å². The third-order valence-electron chi connectivity index (χ3n) is 4.68. The van der Waals surface area contributed by atoms with Crippen molar-refractivity contribution >= 4 is 23.4 Å². The number of anilines is 1. The molecule has 0 aliphatic rings. The number of nitrogens with one attached hydrogen (secondary N) is 1. The quantitative estimate of drug-likeness (QED) is 0.293. The van der Waals surface area contributed by atoms with Gasteiger partial charge in [-0.05, 0) is 31.2 Å². The molecule has 3 aromatic carbocycles. The topological polar surface area (TPSA) is 59.8 Å². The lowest BCUT2D eigenvalue weighted by Gasteiger charge is -2.15. The van der Waals surface area contributed by atoms with E-state index in [-0.39, 0.29) is 16.7 Å². The number of carbonyl (C=O) groups is 1. The van der Waals surface area contributed by atoms with E-state index in [1.165, 1.54) is 23.6 Å². The van der Waals surface area contributed by atoms with Crippen molar-refractivity contribution in [2.24, 2.45) is 0 Å². The molecule has 1 heterocycles. The van der Waals surface area contributed by atoms with Gasteiger partial charge in [-0.25, -0.2) is 17.6 Å². The second-order valence-corrected chi connectivity index (χ2v) is 8.26. The normalized spacial score (nSPS) is 11.9. The molecule has 0 fully saturated rings. The van der Waals surface area contributed by atoms with Crippen molar-refractivity contribution in [3.05, 3.63) is 90.0 Å². The summed E-state index contributed by atoms with van der Waals surface area (Å²) in [7, 11) is 0. The van der Waals surface area contributed by atoms with Crippen molar-refractivity contribution in [2.45, 2.75) is 17.3 Å². The minimum atomic E-state index is -0.913. The predicted octanol–water partition coefficient (Wildman–Crippen LogP) is 5.61. The fourth-order valence-corrected chi connectivity index (χ4v) is 3.91. The standard InChI is InChI=1S/C23H16F4N4OS/c1-13(22(32)28-20-16(25)8-5-9-17(20)26)33-23-30-29-21(14-6-3-2-4-7-14)31(23)19-11-10-15(24)12-18(19)27/h2-13H,1H3,(H,28,32). The van der Waals surface area contributed by atoms with E-state index in [1.807, 2.05) is 0 Å². The summed E-state index contributed by atoms with van der Waals surface area (Å²) in [4.78, 5) is 12.6. The molecular formula is C23H16F4N4OS. The van der Waals surface area contributed by atoms with Crippen LogP contribution in [0.4, 0.5) is 23.2 Å². The zero-order valence-electron chi connectivity index (χ0n) is 17.1. The number of rotatable bonds is 6. The van der Waals surface area contributed by atoms with Gasteiger partial charge in [0.05, 0.1) is 10.9 Å². The van der Waals surface area contributed by atoms with Gasteiger partial charge in [0.25, 0.3) is 0 Å². The Morgan fingerprint density at radius 2 is 1.61 bits per heavy atom. The van der Waals surface area contributed by atoms with Crippen molar-refractivity contribution in [3.63, 3.8) is 0 Å². The third-order valence-corrected chi connectivity index (χ3v) is 5.72. The molecule has 0 saturated heterocycles. The van der Waals surface area contributed by atoms with Crippen molar-refractivity contribution in [3.8, 4) is 17.1 Å². The van der Waals surface area contributed by atoms with Gasteiger partial charge in [-0.2, -0.15) is 0 Å². The largest absolute Gasteiger partial charge is 0.320 e. The molecule has 4 rings (SSSR count). The number of carbonyl (C=O) groups excluding carboxylic acids is 1. The van der Waals surface area contributed by atoms with Gasteiger partial charge in [0.2, 0.25) is 5.91 Å². The van der Waals surface area contributed by atoms with Crippen LogP contribution in [0.25, 0.3) is 17.1 Å². The number of nitrogens with zero attached hydrogens (tertiary/aromatic N) is 3. The molecule has 0 aliphatic carbocycles. The summed E-state index contributed by atoms with van der Waals surface area (Å²) < 4.78 is 57.3. The molecule has 0 spiro atoms. The van der Waals surface area contributed by atoms with E-state index in [0.717, 1.165) is 36.0 Å². The van der Waals surface area contributed by atoms with Gasteiger partial charge in [0.1, 0.15) is 29.0 Å². The maximum absolute atomic E-state index is 14.7. The number of hydrogen-bond acceptors (Lipinski definition) is 4. The third kappa shape index (κ3) is 4.75. The average molecular weight is 472 g/mol. The van der Waals surface area contributed by atoms with E-state index in [0.29, 0.717) is 5.56 Å². The highest BCUT2D eigenvalue weighted by Crippen LogP contribution is 2.32. The summed E-state index contributed by atoms with van der Waals surface area (Å²) in [5.41, 5.74) is 0.0348. The minimum Gasteiger partial charge on any atom is -0.320 e. The van der Waals surface area contributed by atoms with Crippen LogP contribution in [0, 0.1) is 23.3 Å². The van der Waals surface area contributed by atoms with Gasteiger partial charge in [-0.1, -0.05) is 48.2 Å². The summed E-state index contributed by atoms with van der Waals surface area (Å²) in [6.45, 7) is 1.50. The number of benzene rings is 3. The summed E-state index contributed by atoms with van der Waals surface area (Å²) in [5.74, 6) is -3.85. The van der Waals surface area contributed by atoms with Crippen LogP contribution >= 0.6 is 11.8 Å². The first-order valence-electron chi connectivity index (χ1n) is 9.73. The first-order valence-corrected chi connectivity index (χ1v) is 10.6. The lowest BCUT2D eigenvalue weighted by molar-refractivity contribution is -0.115. The van der Waals surface area contributed by atoms with Gasteiger partial charge >= 0.3 is 0 Å². The first kappa shape index (κ1) is 22.5. The Bertz CT molecular complexity index is 1290. The summed E-state index contributed by atoms with van der Waals surface area (Å²) in [6, 6.07) is 15.1. The first-order chi connectivity index (χ1) is 15.8. The Morgan fingerprint density at radius 3 is 2.27 bits per heavy atom. The van der Waals surface area contributed by atoms with Crippen LogP contribution in [0.2, 0.25) is 0 Å². The Hall–Kier alpha value is -3.66. The SMILES string of the molecule is CC(Sc1nnc(-c2ccccc2)n1-c1ccc(F)cc1F)C(=O)Nc1c(F)cccc1F. The van der Waals surface area contributed by atoms with Crippen LogP contribution in [0.5, 0.6) is 0 Å². The van der Waals surface area contributed by atoms with Crippen LogP contribution in [-0.2, 0) is 4.79 Å². The van der Waals surface area contributed by atoms with E-state index in [9.17, 15) is 22.4 Å². The fourth-order valence-electron chi connectivity index (χ4n) is 3.05. The van der Waals surface area contributed by atoms with Crippen LogP contribution in [-0.4, -0.2) is 25.9 Å². The lowest BCUT2D eigenvalue weighted by Crippen LogP contribution is -2.24. The molecule has 1 aromatic heterocycles. The van der Waals surface area contributed by atoms with E-state index < -0.39 is 40.1 Å². The minimum absolute atomic E-state index is 0.0180. The molecule has 0 saturated carbocycles. The highest BCUT2D eigenvalue weighted by molar-refractivity contribution is 8.00. The van der Waals surface area contributed by atoms with E-state index in [2.05, 4.69) is 15.5 Å². The molecule has 1 N–H and O–H groups in total. The summed E-state index contributed by atoms with van der Waals surface area (Å²) in [5, 5.41) is 9.68. The van der Waals surface area contributed by atoms with Gasteiger partial charge in [-0.15, -0.1) is 10.2 Å².